The van der Waals surface area contributed by atoms with E-state index in [2.05, 4.69) is 11.9 Å². The van der Waals surface area contributed by atoms with Gasteiger partial charge in [-0.25, -0.2) is 0 Å². The van der Waals surface area contributed by atoms with Gasteiger partial charge in [-0.05, 0) is 19.9 Å². The summed E-state index contributed by atoms with van der Waals surface area (Å²) in [5, 5.41) is -0.244. The average Bonchev–Trinajstić information content (AvgIpc) is 2.04. The molecule has 0 aliphatic carbocycles. The Labute approximate surface area is 77.9 Å². The molecule has 68 valence electrons. The van der Waals surface area contributed by atoms with Crippen molar-refractivity contribution in [1.29, 1.82) is 0 Å². The van der Waals surface area contributed by atoms with Crippen molar-refractivity contribution < 1.29 is 4.79 Å². The quantitative estimate of drug-likeness (QED) is 0.535. The van der Waals surface area contributed by atoms with Crippen LogP contribution in [0.3, 0.4) is 0 Å². The van der Waals surface area contributed by atoms with Gasteiger partial charge in [-0.2, -0.15) is 0 Å². The molecule has 0 saturated carbocycles. The summed E-state index contributed by atoms with van der Waals surface area (Å²) in [5.41, 5.74) is 0. The van der Waals surface area contributed by atoms with Crippen LogP contribution in [0.4, 0.5) is 0 Å². The second-order valence-electron chi connectivity index (χ2n) is 3.89. The SMILES string of the molecule is CN1C2CCCC1C(Cl)C(=O)C2. The third-order valence-corrected chi connectivity index (χ3v) is 3.75. The Morgan fingerprint density at radius 2 is 2.25 bits per heavy atom. The van der Waals surface area contributed by atoms with Gasteiger partial charge in [-0.15, -0.1) is 11.6 Å². The molecule has 2 aliphatic rings. The molecule has 12 heavy (non-hydrogen) atoms. The molecule has 0 aromatic rings. The van der Waals surface area contributed by atoms with Gasteiger partial charge in [0.2, 0.25) is 0 Å². The number of carbonyl (C=O) groups is 1. The predicted molar refractivity (Wildman–Crippen MR) is 48.5 cm³/mol. The molecule has 0 N–H and O–H groups in total. The Bertz CT molecular complexity index is 207. The maximum Gasteiger partial charge on any atom is 0.153 e. The van der Waals surface area contributed by atoms with Gasteiger partial charge in [0, 0.05) is 18.5 Å². The molecule has 0 radical (unpaired) electrons. The number of hydrogen-bond acceptors (Lipinski definition) is 2. The summed E-state index contributed by atoms with van der Waals surface area (Å²) in [5.74, 6) is 0.254. The van der Waals surface area contributed by atoms with Gasteiger partial charge in [-0.3, -0.25) is 9.69 Å². The largest absolute Gasteiger partial charge is 0.298 e. The summed E-state index contributed by atoms with van der Waals surface area (Å²) in [6.45, 7) is 0. The standard InChI is InChI=1S/C9H14ClNO/c1-11-6-3-2-4-7(11)9(10)8(12)5-6/h6-7,9H,2-5H2,1H3. The lowest BCUT2D eigenvalue weighted by molar-refractivity contribution is -0.125. The van der Waals surface area contributed by atoms with E-state index in [1.54, 1.807) is 0 Å². The highest BCUT2D eigenvalue weighted by molar-refractivity contribution is 6.32. The minimum atomic E-state index is -0.244. The highest BCUT2D eigenvalue weighted by Gasteiger charge is 2.41. The number of carbonyl (C=O) groups excluding carboxylic acids is 1. The molecule has 3 atom stereocenters. The molecule has 2 nitrogen and oxygen atoms in total. The first-order valence-corrected chi connectivity index (χ1v) is 5.02. The molecule has 2 aliphatic heterocycles. The maximum atomic E-state index is 11.4. The van der Waals surface area contributed by atoms with Crippen LogP contribution < -0.4 is 0 Å². The Morgan fingerprint density at radius 1 is 1.50 bits per heavy atom. The summed E-state index contributed by atoms with van der Waals surface area (Å²) in [4.78, 5) is 13.7. The Morgan fingerprint density at radius 3 is 3.00 bits per heavy atom. The van der Waals surface area contributed by atoms with Gasteiger partial charge >= 0.3 is 0 Å². The Kier molecular flexibility index (Phi) is 2.13. The highest BCUT2D eigenvalue weighted by atomic mass is 35.5. The number of Topliss-reactive ketones (excluding diaryl/α,β-unsaturated/α-hetero) is 1. The average molecular weight is 188 g/mol. The number of halogens is 1. The number of rotatable bonds is 0. The van der Waals surface area contributed by atoms with Gasteiger partial charge in [-0.1, -0.05) is 6.42 Å². The Hall–Kier alpha value is -0.0800. The first kappa shape index (κ1) is 8.52. The Balaban J connectivity index is 2.19. The van der Waals surface area contributed by atoms with E-state index in [9.17, 15) is 4.79 Å². The first-order valence-electron chi connectivity index (χ1n) is 4.59. The van der Waals surface area contributed by atoms with Crippen LogP contribution >= 0.6 is 11.6 Å². The fraction of sp³-hybridized carbons (Fsp3) is 0.889. The molecule has 0 amide bonds. The lowest BCUT2D eigenvalue weighted by Crippen LogP contribution is -2.56. The van der Waals surface area contributed by atoms with Crippen molar-refractivity contribution in [3.63, 3.8) is 0 Å². The van der Waals surface area contributed by atoms with Crippen LogP contribution in [0.5, 0.6) is 0 Å². The number of alkyl halides is 1. The number of hydrogen-bond donors (Lipinski definition) is 0. The zero-order chi connectivity index (χ0) is 8.72. The molecule has 0 spiro atoms. The summed E-state index contributed by atoms with van der Waals surface area (Å²) in [6.07, 6.45) is 4.16. The predicted octanol–water partition coefficient (Wildman–Crippen LogP) is 1.42. The van der Waals surface area contributed by atoms with Gasteiger partial charge in [0.1, 0.15) is 5.38 Å². The molecule has 2 heterocycles. The summed E-state index contributed by atoms with van der Waals surface area (Å²) < 4.78 is 0. The van der Waals surface area contributed by atoms with Crippen molar-refractivity contribution in [1.82, 2.24) is 4.90 Å². The topological polar surface area (TPSA) is 20.3 Å². The second kappa shape index (κ2) is 3.00. The minimum absolute atomic E-state index is 0.244. The van der Waals surface area contributed by atoms with Gasteiger partial charge in [0.15, 0.2) is 5.78 Å². The van der Waals surface area contributed by atoms with Gasteiger partial charge in [0.25, 0.3) is 0 Å². The van der Waals surface area contributed by atoms with Crippen LogP contribution in [-0.2, 0) is 4.79 Å². The number of fused-ring (bicyclic) bond motifs is 2. The molecule has 3 unspecified atom stereocenters. The zero-order valence-electron chi connectivity index (χ0n) is 7.29. The summed E-state index contributed by atoms with van der Waals surface area (Å²) in [7, 11) is 2.09. The first-order chi connectivity index (χ1) is 5.70. The third-order valence-electron chi connectivity index (χ3n) is 3.22. The van der Waals surface area contributed by atoms with E-state index in [0.29, 0.717) is 18.5 Å². The van der Waals surface area contributed by atoms with Crippen LogP contribution in [0.1, 0.15) is 25.7 Å². The lowest BCUT2D eigenvalue weighted by Gasteiger charge is -2.45. The third kappa shape index (κ3) is 1.17. The number of nitrogens with zero attached hydrogens (tertiary/aromatic N) is 1. The molecular weight excluding hydrogens is 174 g/mol. The molecule has 0 aromatic carbocycles. The van der Waals surface area contributed by atoms with E-state index in [0.717, 1.165) is 6.42 Å². The molecule has 2 rings (SSSR count). The van der Waals surface area contributed by atoms with Crippen molar-refractivity contribution in [3.8, 4) is 0 Å². The molecular formula is C9H14ClNO. The molecule has 3 heteroatoms. The fourth-order valence-electron chi connectivity index (χ4n) is 2.40. The monoisotopic (exact) mass is 187 g/mol. The van der Waals surface area contributed by atoms with E-state index >= 15 is 0 Å². The van der Waals surface area contributed by atoms with Gasteiger partial charge < -0.3 is 0 Å². The van der Waals surface area contributed by atoms with E-state index in [1.165, 1.54) is 12.8 Å². The van der Waals surface area contributed by atoms with Crippen molar-refractivity contribution in [2.45, 2.75) is 43.1 Å². The van der Waals surface area contributed by atoms with Gasteiger partial charge in [0.05, 0.1) is 0 Å². The lowest BCUT2D eigenvalue weighted by atomic mass is 9.84. The second-order valence-corrected chi connectivity index (χ2v) is 4.36. The van der Waals surface area contributed by atoms with E-state index in [-0.39, 0.29) is 11.2 Å². The van der Waals surface area contributed by atoms with Crippen molar-refractivity contribution in [3.05, 3.63) is 0 Å². The number of ketones is 1. The van der Waals surface area contributed by atoms with Crippen LogP contribution in [0.15, 0.2) is 0 Å². The maximum absolute atomic E-state index is 11.4. The normalized spacial score (nSPS) is 43.2. The number of piperidine rings is 2. The summed E-state index contributed by atoms with van der Waals surface area (Å²) >= 11 is 6.04. The van der Waals surface area contributed by atoms with Crippen LogP contribution in [0, 0.1) is 0 Å². The van der Waals surface area contributed by atoms with Crippen LogP contribution in [0.25, 0.3) is 0 Å². The fourth-order valence-corrected chi connectivity index (χ4v) is 2.79. The smallest absolute Gasteiger partial charge is 0.153 e. The molecule has 2 saturated heterocycles. The summed E-state index contributed by atoms with van der Waals surface area (Å²) in [6, 6.07) is 0.790. The van der Waals surface area contributed by atoms with E-state index in [4.69, 9.17) is 11.6 Å². The van der Waals surface area contributed by atoms with Crippen LogP contribution in [0.2, 0.25) is 0 Å². The van der Waals surface area contributed by atoms with E-state index < -0.39 is 0 Å². The minimum Gasteiger partial charge on any atom is -0.298 e. The van der Waals surface area contributed by atoms with Crippen molar-refractivity contribution in [2.24, 2.45) is 0 Å². The molecule has 2 bridgehead atoms. The van der Waals surface area contributed by atoms with Crippen LogP contribution in [-0.4, -0.2) is 35.2 Å². The molecule has 0 aromatic heterocycles. The molecule has 2 fully saturated rings. The highest BCUT2D eigenvalue weighted by Crippen LogP contribution is 2.33. The van der Waals surface area contributed by atoms with Crippen molar-refractivity contribution >= 4 is 17.4 Å². The van der Waals surface area contributed by atoms with Crippen molar-refractivity contribution in [2.75, 3.05) is 7.05 Å². The zero-order valence-corrected chi connectivity index (χ0v) is 8.05. The van der Waals surface area contributed by atoms with E-state index in [1.807, 2.05) is 0 Å².